The Morgan fingerprint density at radius 3 is 2.53 bits per heavy atom. The summed E-state index contributed by atoms with van der Waals surface area (Å²) in [6, 6.07) is 0. The van der Waals surface area contributed by atoms with Crippen molar-refractivity contribution in [2.75, 3.05) is 0 Å². The van der Waals surface area contributed by atoms with Crippen LogP contribution < -0.4 is 0 Å². The molecular formula is C12H16O3. The molecule has 15 heavy (non-hydrogen) atoms. The zero-order chi connectivity index (χ0) is 11.2. The second-order valence-electron chi connectivity index (χ2n) is 5.43. The minimum Gasteiger partial charge on any atom is -0.393 e. The van der Waals surface area contributed by atoms with Gasteiger partial charge >= 0.3 is 11.9 Å². The number of cyclic esters (lactones) is 2. The summed E-state index contributed by atoms with van der Waals surface area (Å²) >= 11 is 0. The van der Waals surface area contributed by atoms with Gasteiger partial charge in [-0.3, -0.25) is 9.59 Å². The molecule has 1 aliphatic heterocycles. The van der Waals surface area contributed by atoms with Gasteiger partial charge in [0, 0.05) is 0 Å². The number of fused-ring (bicyclic) bond motifs is 1. The molecule has 1 aliphatic carbocycles. The Morgan fingerprint density at radius 2 is 1.93 bits per heavy atom. The summed E-state index contributed by atoms with van der Waals surface area (Å²) in [6.45, 7) is 6.25. The molecule has 0 N–H and O–H groups in total. The van der Waals surface area contributed by atoms with Crippen molar-refractivity contribution in [3.05, 3.63) is 12.2 Å². The summed E-state index contributed by atoms with van der Waals surface area (Å²) in [6.07, 6.45) is 4.69. The Morgan fingerprint density at radius 1 is 1.27 bits per heavy atom. The van der Waals surface area contributed by atoms with Crippen molar-refractivity contribution < 1.29 is 14.3 Å². The molecule has 2 aliphatic rings. The van der Waals surface area contributed by atoms with Crippen molar-refractivity contribution in [1.29, 1.82) is 0 Å². The first-order chi connectivity index (χ1) is 6.91. The van der Waals surface area contributed by atoms with Crippen molar-refractivity contribution in [2.45, 2.75) is 27.2 Å². The van der Waals surface area contributed by atoms with Crippen LogP contribution in [0.2, 0.25) is 0 Å². The fourth-order valence-electron chi connectivity index (χ4n) is 2.51. The van der Waals surface area contributed by atoms with Gasteiger partial charge in [0.15, 0.2) is 0 Å². The number of rotatable bonds is 0. The number of carbonyl (C=O) groups excluding carboxylic acids is 2. The highest BCUT2D eigenvalue weighted by molar-refractivity contribution is 5.97. The van der Waals surface area contributed by atoms with Gasteiger partial charge in [0.25, 0.3) is 0 Å². The average molecular weight is 208 g/mol. The maximum atomic E-state index is 11.6. The van der Waals surface area contributed by atoms with Crippen LogP contribution in [-0.2, 0) is 14.3 Å². The average Bonchev–Trinajstić information content (AvgIpc) is 2.41. The van der Waals surface area contributed by atoms with Crippen LogP contribution >= 0.6 is 0 Å². The van der Waals surface area contributed by atoms with E-state index in [0.29, 0.717) is 6.42 Å². The number of hydrogen-bond acceptors (Lipinski definition) is 3. The first-order valence-electron chi connectivity index (χ1n) is 5.33. The third-order valence-electron chi connectivity index (χ3n) is 3.33. The zero-order valence-electron chi connectivity index (χ0n) is 9.32. The second kappa shape index (κ2) is 3.19. The van der Waals surface area contributed by atoms with Crippen molar-refractivity contribution in [2.24, 2.45) is 23.2 Å². The van der Waals surface area contributed by atoms with E-state index in [9.17, 15) is 9.59 Å². The summed E-state index contributed by atoms with van der Waals surface area (Å²) < 4.78 is 4.72. The van der Waals surface area contributed by atoms with Crippen LogP contribution in [0, 0.1) is 23.2 Å². The van der Waals surface area contributed by atoms with Crippen LogP contribution in [-0.4, -0.2) is 11.9 Å². The Bertz CT molecular complexity index is 335. The molecule has 0 radical (unpaired) electrons. The highest BCUT2D eigenvalue weighted by atomic mass is 16.6. The fraction of sp³-hybridized carbons (Fsp3) is 0.667. The fourth-order valence-corrected chi connectivity index (χ4v) is 2.51. The van der Waals surface area contributed by atoms with E-state index in [1.54, 1.807) is 0 Å². The largest absolute Gasteiger partial charge is 0.393 e. The molecule has 1 heterocycles. The third-order valence-corrected chi connectivity index (χ3v) is 3.33. The molecule has 2 rings (SSSR count). The lowest BCUT2D eigenvalue weighted by molar-refractivity contribution is -0.154. The predicted octanol–water partition coefficient (Wildman–Crippen LogP) is 1.92. The maximum Gasteiger partial charge on any atom is 0.318 e. The van der Waals surface area contributed by atoms with E-state index < -0.39 is 0 Å². The molecule has 0 saturated carbocycles. The summed E-state index contributed by atoms with van der Waals surface area (Å²) in [5, 5.41) is 0. The van der Waals surface area contributed by atoms with Crippen LogP contribution in [0.1, 0.15) is 27.2 Å². The van der Waals surface area contributed by atoms with Crippen LogP contribution in [0.25, 0.3) is 0 Å². The lowest BCUT2D eigenvalue weighted by Crippen LogP contribution is -2.35. The summed E-state index contributed by atoms with van der Waals surface area (Å²) in [5.41, 5.74) is -0.0104. The monoisotopic (exact) mass is 208 g/mol. The molecule has 0 aromatic heterocycles. The quantitative estimate of drug-likeness (QED) is 0.347. The van der Waals surface area contributed by atoms with Crippen molar-refractivity contribution >= 4 is 11.9 Å². The van der Waals surface area contributed by atoms with Crippen molar-refractivity contribution in [1.82, 2.24) is 0 Å². The molecule has 3 heteroatoms. The molecule has 1 fully saturated rings. The van der Waals surface area contributed by atoms with E-state index in [2.05, 4.69) is 26.8 Å². The molecule has 1 saturated heterocycles. The van der Waals surface area contributed by atoms with Crippen LogP contribution in [0.15, 0.2) is 12.2 Å². The van der Waals surface area contributed by atoms with Crippen LogP contribution in [0.4, 0.5) is 0 Å². The molecule has 3 nitrogen and oxygen atoms in total. The standard InChI is InChI=1S/C12H16O3/c1-12(2,3)8-6-4-5-7-9(8)11(14)15-10(7)13/h4,6-9H,5H2,1-3H3. The Kier molecular flexibility index (Phi) is 2.21. The van der Waals surface area contributed by atoms with Gasteiger partial charge in [0.2, 0.25) is 0 Å². The van der Waals surface area contributed by atoms with Crippen LogP contribution in [0.5, 0.6) is 0 Å². The molecule has 0 aromatic carbocycles. The number of allylic oxidation sites excluding steroid dienone is 2. The molecule has 0 bridgehead atoms. The van der Waals surface area contributed by atoms with Gasteiger partial charge < -0.3 is 4.74 Å². The molecule has 82 valence electrons. The van der Waals surface area contributed by atoms with E-state index in [-0.39, 0.29) is 35.1 Å². The molecule has 3 unspecified atom stereocenters. The normalized spacial score (nSPS) is 35.3. The number of carbonyl (C=O) groups is 2. The number of hydrogen-bond donors (Lipinski definition) is 0. The number of ether oxygens (including phenoxy) is 1. The van der Waals surface area contributed by atoms with Crippen LogP contribution in [0.3, 0.4) is 0 Å². The van der Waals surface area contributed by atoms with Gasteiger partial charge in [-0.25, -0.2) is 0 Å². The van der Waals surface area contributed by atoms with Gasteiger partial charge in [-0.05, 0) is 17.8 Å². The third kappa shape index (κ3) is 1.60. The topological polar surface area (TPSA) is 43.4 Å². The second-order valence-corrected chi connectivity index (χ2v) is 5.43. The van der Waals surface area contributed by atoms with Gasteiger partial charge in [-0.15, -0.1) is 0 Å². The predicted molar refractivity (Wildman–Crippen MR) is 54.8 cm³/mol. The lowest BCUT2D eigenvalue weighted by atomic mass is 9.66. The Labute approximate surface area is 89.5 Å². The van der Waals surface area contributed by atoms with Gasteiger partial charge in [0.05, 0.1) is 11.8 Å². The van der Waals surface area contributed by atoms with Gasteiger partial charge in [-0.1, -0.05) is 32.9 Å². The SMILES string of the molecule is CC(C)(C)C1C=CCC2C(=O)OC(=O)C21. The molecule has 3 atom stereocenters. The summed E-state index contributed by atoms with van der Waals surface area (Å²) in [4.78, 5) is 23.0. The molecule has 0 amide bonds. The van der Waals surface area contributed by atoms with E-state index in [4.69, 9.17) is 4.74 Å². The molecular weight excluding hydrogens is 192 g/mol. The van der Waals surface area contributed by atoms with E-state index in [0.717, 1.165) is 0 Å². The highest BCUT2D eigenvalue weighted by Gasteiger charge is 2.51. The van der Waals surface area contributed by atoms with Gasteiger partial charge in [0.1, 0.15) is 0 Å². The van der Waals surface area contributed by atoms with Crippen molar-refractivity contribution in [3.8, 4) is 0 Å². The summed E-state index contributed by atoms with van der Waals surface area (Å²) in [7, 11) is 0. The minimum atomic E-state index is -0.344. The van der Waals surface area contributed by atoms with E-state index in [1.807, 2.05) is 6.08 Å². The first kappa shape index (κ1) is 10.4. The minimum absolute atomic E-state index is 0.0104. The maximum absolute atomic E-state index is 11.6. The van der Waals surface area contributed by atoms with E-state index in [1.165, 1.54) is 0 Å². The van der Waals surface area contributed by atoms with Crippen molar-refractivity contribution in [3.63, 3.8) is 0 Å². The Balaban J connectivity index is 2.35. The first-order valence-corrected chi connectivity index (χ1v) is 5.33. The summed E-state index contributed by atoms with van der Waals surface area (Å²) in [5.74, 6) is -1.08. The molecule has 0 aromatic rings. The highest BCUT2D eigenvalue weighted by Crippen LogP contribution is 2.44. The number of esters is 2. The van der Waals surface area contributed by atoms with Gasteiger partial charge in [-0.2, -0.15) is 0 Å². The smallest absolute Gasteiger partial charge is 0.318 e. The van der Waals surface area contributed by atoms with E-state index >= 15 is 0 Å². The molecule has 0 spiro atoms. The zero-order valence-corrected chi connectivity index (χ0v) is 9.32. The Hall–Kier alpha value is -1.12. The lowest BCUT2D eigenvalue weighted by Gasteiger charge is -2.35.